The highest BCUT2D eigenvalue weighted by atomic mass is 35.5. The molecule has 0 saturated heterocycles. The molecule has 1 aliphatic carbocycles. The monoisotopic (exact) mass is 687 g/mol. The number of anilines is 1. The lowest BCUT2D eigenvalue weighted by molar-refractivity contribution is -0.140. The number of sulfonamides is 1. The molecule has 8 nitrogen and oxygen atoms in total. The molecule has 1 N–H and O–H groups in total. The van der Waals surface area contributed by atoms with Gasteiger partial charge in [-0.25, -0.2) is 8.42 Å². The second-order valence-corrected chi connectivity index (χ2v) is 14.2. The summed E-state index contributed by atoms with van der Waals surface area (Å²) in [6, 6.07) is 30.5. The predicted molar refractivity (Wildman–Crippen MR) is 190 cm³/mol. The van der Waals surface area contributed by atoms with Crippen LogP contribution in [0.15, 0.2) is 114 Å². The fourth-order valence-electron chi connectivity index (χ4n) is 6.01. The van der Waals surface area contributed by atoms with E-state index in [9.17, 15) is 18.0 Å². The van der Waals surface area contributed by atoms with Crippen molar-refractivity contribution in [1.82, 2.24) is 10.2 Å². The summed E-state index contributed by atoms with van der Waals surface area (Å²) in [6.07, 6.45) is 5.25. The predicted octanol–water partition coefficient (Wildman–Crippen LogP) is 7.02. The fourth-order valence-corrected chi connectivity index (χ4v) is 7.55. The van der Waals surface area contributed by atoms with Gasteiger partial charge in [0.1, 0.15) is 18.3 Å². The second-order valence-electron chi connectivity index (χ2n) is 11.9. The average Bonchev–Trinajstić information content (AvgIpc) is 3.11. The number of amides is 2. The number of carbonyl (C=O) groups is 2. The molecule has 0 radical (unpaired) electrons. The zero-order valence-electron chi connectivity index (χ0n) is 27.1. The summed E-state index contributed by atoms with van der Waals surface area (Å²) < 4.78 is 35.1. The molecule has 2 amide bonds. The van der Waals surface area contributed by atoms with Crippen LogP contribution in [0.25, 0.3) is 0 Å². The van der Waals surface area contributed by atoms with Crippen LogP contribution in [0.4, 0.5) is 5.69 Å². The van der Waals surface area contributed by atoms with Crippen molar-refractivity contribution in [2.75, 3.05) is 17.5 Å². The minimum Gasteiger partial charge on any atom is -0.494 e. The summed E-state index contributed by atoms with van der Waals surface area (Å²) in [6.45, 7) is 1.86. The molecule has 5 rings (SSSR count). The number of nitrogens with zero attached hydrogens (tertiary/aromatic N) is 2. The molecule has 0 heterocycles. The van der Waals surface area contributed by atoms with E-state index in [1.807, 2.05) is 49.4 Å². The quantitative estimate of drug-likeness (QED) is 0.154. The Morgan fingerprint density at radius 1 is 0.833 bits per heavy atom. The molecular formula is C38H42ClN3O5S. The van der Waals surface area contributed by atoms with E-state index in [0.29, 0.717) is 23.1 Å². The Morgan fingerprint density at radius 2 is 1.46 bits per heavy atom. The number of hydrogen-bond donors (Lipinski definition) is 1. The Balaban J connectivity index is 1.53. The first-order valence-electron chi connectivity index (χ1n) is 16.4. The van der Waals surface area contributed by atoms with Gasteiger partial charge in [0.25, 0.3) is 10.0 Å². The number of rotatable bonds is 14. The Kier molecular flexibility index (Phi) is 12.1. The van der Waals surface area contributed by atoms with Crippen molar-refractivity contribution < 1.29 is 22.7 Å². The minimum atomic E-state index is -4.21. The van der Waals surface area contributed by atoms with Gasteiger partial charge in [-0.05, 0) is 79.4 Å². The maximum atomic E-state index is 14.6. The number of carbonyl (C=O) groups excluding carboxylic acids is 2. The number of benzene rings is 4. The molecule has 4 aromatic carbocycles. The van der Waals surface area contributed by atoms with E-state index in [2.05, 4.69) is 5.32 Å². The molecule has 48 heavy (non-hydrogen) atoms. The summed E-state index contributed by atoms with van der Waals surface area (Å²) in [5.74, 6) is -0.225. The van der Waals surface area contributed by atoms with Gasteiger partial charge < -0.3 is 15.0 Å². The molecule has 0 bridgehead atoms. The third kappa shape index (κ3) is 9.17. The van der Waals surface area contributed by atoms with E-state index in [0.717, 1.165) is 47.5 Å². The van der Waals surface area contributed by atoms with Crippen LogP contribution in [0.3, 0.4) is 0 Å². The van der Waals surface area contributed by atoms with Gasteiger partial charge in [-0.2, -0.15) is 0 Å². The highest BCUT2D eigenvalue weighted by Crippen LogP contribution is 2.27. The molecule has 1 aliphatic rings. The standard InChI is InChI=1S/C38H42ClN3O5S/c1-2-47-34-22-24-35(25-23-34)48(45,46)42(33-16-10-5-11-17-33)28-37(43)41(27-30-18-20-31(39)21-19-30)36(26-29-12-6-3-7-13-29)38(44)40-32-14-8-4-9-15-32/h3,5-7,10-13,16-25,32,36H,2,4,8-9,14-15,26-28H2,1H3,(H,40,44). The molecule has 10 heteroatoms. The van der Waals surface area contributed by atoms with Crippen molar-refractivity contribution in [3.8, 4) is 5.75 Å². The lowest BCUT2D eigenvalue weighted by Crippen LogP contribution is -2.55. The highest BCUT2D eigenvalue weighted by Gasteiger charge is 2.35. The van der Waals surface area contributed by atoms with Crippen LogP contribution in [0.5, 0.6) is 5.75 Å². The van der Waals surface area contributed by atoms with Crippen molar-refractivity contribution in [3.63, 3.8) is 0 Å². The van der Waals surface area contributed by atoms with Crippen LogP contribution in [0.1, 0.15) is 50.2 Å². The Labute approximate surface area is 288 Å². The van der Waals surface area contributed by atoms with E-state index in [-0.39, 0.29) is 29.8 Å². The Bertz CT molecular complexity index is 1730. The summed E-state index contributed by atoms with van der Waals surface area (Å²) in [7, 11) is -4.21. The van der Waals surface area contributed by atoms with Crippen molar-refractivity contribution in [2.45, 2.75) is 69.0 Å². The largest absolute Gasteiger partial charge is 0.494 e. The first kappa shape index (κ1) is 35.0. The molecule has 0 aliphatic heterocycles. The lowest BCUT2D eigenvalue weighted by atomic mass is 9.94. The van der Waals surface area contributed by atoms with Gasteiger partial charge in [0, 0.05) is 24.0 Å². The summed E-state index contributed by atoms with van der Waals surface area (Å²) >= 11 is 6.19. The third-order valence-electron chi connectivity index (χ3n) is 8.53. The maximum Gasteiger partial charge on any atom is 0.264 e. The Hall–Kier alpha value is -4.34. The van der Waals surface area contributed by atoms with Crippen LogP contribution in [-0.2, 0) is 32.6 Å². The van der Waals surface area contributed by atoms with Crippen LogP contribution in [0, 0.1) is 0 Å². The van der Waals surface area contributed by atoms with Gasteiger partial charge in [-0.3, -0.25) is 13.9 Å². The first-order chi connectivity index (χ1) is 23.2. The van der Waals surface area contributed by atoms with Gasteiger partial charge in [0.2, 0.25) is 11.8 Å². The Morgan fingerprint density at radius 3 is 2.08 bits per heavy atom. The fraction of sp³-hybridized carbons (Fsp3) is 0.316. The molecule has 1 unspecified atom stereocenters. The van der Waals surface area contributed by atoms with E-state index in [1.165, 1.54) is 17.0 Å². The first-order valence-corrected chi connectivity index (χ1v) is 18.2. The smallest absolute Gasteiger partial charge is 0.264 e. The summed E-state index contributed by atoms with van der Waals surface area (Å²) in [5.41, 5.74) is 1.98. The molecule has 1 atom stereocenters. The van der Waals surface area contributed by atoms with Crippen LogP contribution < -0.4 is 14.4 Å². The van der Waals surface area contributed by atoms with Gasteiger partial charge >= 0.3 is 0 Å². The van der Waals surface area contributed by atoms with E-state index < -0.39 is 28.5 Å². The summed E-state index contributed by atoms with van der Waals surface area (Å²) in [5, 5.41) is 3.77. The molecular weight excluding hydrogens is 646 g/mol. The third-order valence-corrected chi connectivity index (χ3v) is 10.6. The number of ether oxygens (including phenoxy) is 1. The maximum absolute atomic E-state index is 14.6. The van der Waals surface area contributed by atoms with Crippen molar-refractivity contribution in [3.05, 3.63) is 125 Å². The van der Waals surface area contributed by atoms with Gasteiger partial charge in [-0.1, -0.05) is 91.5 Å². The molecule has 0 aromatic heterocycles. The lowest BCUT2D eigenvalue weighted by Gasteiger charge is -2.35. The van der Waals surface area contributed by atoms with Crippen molar-refractivity contribution >= 4 is 39.1 Å². The number of nitrogens with one attached hydrogen (secondary N) is 1. The molecule has 4 aromatic rings. The molecule has 1 fully saturated rings. The van der Waals surface area contributed by atoms with Gasteiger partial charge in [-0.15, -0.1) is 0 Å². The van der Waals surface area contributed by atoms with Crippen molar-refractivity contribution in [2.24, 2.45) is 0 Å². The zero-order valence-corrected chi connectivity index (χ0v) is 28.7. The molecule has 252 valence electrons. The summed E-state index contributed by atoms with van der Waals surface area (Å²) in [4.78, 5) is 30.4. The number of hydrogen-bond acceptors (Lipinski definition) is 5. The minimum absolute atomic E-state index is 0.0164. The van der Waals surface area contributed by atoms with E-state index in [1.54, 1.807) is 54.6 Å². The van der Waals surface area contributed by atoms with Gasteiger partial charge in [0.05, 0.1) is 17.2 Å². The van der Waals surface area contributed by atoms with Crippen LogP contribution >= 0.6 is 11.6 Å². The van der Waals surface area contributed by atoms with E-state index in [4.69, 9.17) is 16.3 Å². The molecule has 0 spiro atoms. The number of para-hydroxylation sites is 1. The second kappa shape index (κ2) is 16.7. The number of halogens is 1. The SMILES string of the molecule is CCOc1ccc(S(=O)(=O)N(CC(=O)N(Cc2ccc(Cl)cc2)C(Cc2ccccc2)C(=O)NC2CCCCC2)c2ccccc2)cc1. The van der Waals surface area contributed by atoms with Crippen molar-refractivity contribution in [1.29, 1.82) is 0 Å². The van der Waals surface area contributed by atoms with Crippen LogP contribution in [-0.4, -0.2) is 50.4 Å². The average molecular weight is 688 g/mol. The van der Waals surface area contributed by atoms with Crippen LogP contribution in [0.2, 0.25) is 5.02 Å². The molecule has 1 saturated carbocycles. The van der Waals surface area contributed by atoms with Gasteiger partial charge in [0.15, 0.2) is 0 Å². The zero-order chi connectivity index (χ0) is 33.9. The highest BCUT2D eigenvalue weighted by molar-refractivity contribution is 7.92. The normalized spacial score (nSPS) is 14.1. The van der Waals surface area contributed by atoms with E-state index >= 15 is 0 Å². The topological polar surface area (TPSA) is 96.0 Å².